The molecular formula is C14H17NO10. The van der Waals surface area contributed by atoms with Crippen LogP contribution in [0.1, 0.15) is 6.42 Å². The molecule has 138 valence electrons. The Labute approximate surface area is 140 Å². The second-order valence-electron chi connectivity index (χ2n) is 5.24. The smallest absolute Gasteiger partial charge is 0.328 e. The van der Waals surface area contributed by atoms with Crippen molar-refractivity contribution in [1.82, 2.24) is 0 Å². The third kappa shape index (κ3) is 4.99. The van der Waals surface area contributed by atoms with Gasteiger partial charge in [-0.25, -0.2) is 4.79 Å². The molecule has 0 heterocycles. The fourth-order valence-corrected chi connectivity index (χ4v) is 2.20. The van der Waals surface area contributed by atoms with Crippen molar-refractivity contribution in [3.63, 3.8) is 0 Å². The second-order valence-corrected chi connectivity index (χ2v) is 5.24. The van der Waals surface area contributed by atoms with Gasteiger partial charge in [0.05, 0.1) is 6.42 Å². The zero-order chi connectivity index (χ0) is 19.3. The Morgan fingerprint density at radius 3 is 1.80 bits per heavy atom. The molecule has 0 saturated heterocycles. The first kappa shape index (κ1) is 20.6. The number of carboxylic acids is 2. The number of carbonyl (C=O) groups is 2. The third-order valence-electron chi connectivity index (χ3n) is 3.49. The highest BCUT2D eigenvalue weighted by Crippen LogP contribution is 2.27. The van der Waals surface area contributed by atoms with Crippen molar-refractivity contribution in [2.24, 2.45) is 0 Å². The minimum Gasteiger partial charge on any atom is -0.481 e. The first-order valence-corrected chi connectivity index (χ1v) is 6.93. The molecule has 0 aromatic rings. The molecule has 1 rings (SSSR count). The molecule has 1 saturated carbocycles. The molecular weight excluding hydrogens is 342 g/mol. The van der Waals surface area contributed by atoms with E-state index >= 15 is 0 Å². The van der Waals surface area contributed by atoms with Gasteiger partial charge in [0.15, 0.2) is 6.10 Å². The average molecular weight is 359 g/mol. The van der Waals surface area contributed by atoms with Crippen LogP contribution in [0.15, 0.2) is 23.5 Å². The Hall–Kier alpha value is -2.49. The van der Waals surface area contributed by atoms with Crippen molar-refractivity contribution in [3.05, 3.63) is 23.5 Å². The summed E-state index contributed by atoms with van der Waals surface area (Å²) < 4.78 is 5.03. The predicted molar refractivity (Wildman–Crippen MR) is 76.6 cm³/mol. The molecule has 25 heavy (non-hydrogen) atoms. The molecule has 7 N–H and O–H groups in total. The number of nitriles is 1. The highest BCUT2D eigenvalue weighted by Gasteiger charge is 2.50. The van der Waals surface area contributed by atoms with Crippen LogP contribution >= 0.6 is 0 Å². The molecule has 1 aliphatic rings. The number of allylic oxidation sites excluding steroid dienone is 2. The van der Waals surface area contributed by atoms with Crippen LogP contribution in [0.2, 0.25) is 0 Å². The summed E-state index contributed by atoms with van der Waals surface area (Å²) in [6, 6.07) is 1.46. The van der Waals surface area contributed by atoms with E-state index in [1.807, 2.05) is 0 Å². The van der Waals surface area contributed by atoms with Gasteiger partial charge in [0.2, 0.25) is 5.76 Å². The molecule has 6 atom stereocenters. The lowest BCUT2D eigenvalue weighted by Crippen LogP contribution is -2.64. The van der Waals surface area contributed by atoms with Crippen LogP contribution < -0.4 is 0 Å². The number of ether oxygens (including phenoxy) is 1. The van der Waals surface area contributed by atoms with Gasteiger partial charge in [-0.2, -0.15) is 5.26 Å². The SMILES string of the molecule is N#C/C(OC1[C@@H](O)[C@H](O)C(O)[C@H](O)[C@H]1O)=C(\C=C/C(=O)O)CC(=O)O. The van der Waals surface area contributed by atoms with Crippen LogP contribution in [0.5, 0.6) is 0 Å². The van der Waals surface area contributed by atoms with Gasteiger partial charge in [0, 0.05) is 11.6 Å². The van der Waals surface area contributed by atoms with Crippen LogP contribution in [0.4, 0.5) is 0 Å². The van der Waals surface area contributed by atoms with Gasteiger partial charge < -0.3 is 40.5 Å². The molecule has 0 amide bonds. The number of nitrogens with zero attached hydrogens (tertiary/aromatic N) is 1. The van der Waals surface area contributed by atoms with E-state index in [1.165, 1.54) is 6.07 Å². The fourth-order valence-electron chi connectivity index (χ4n) is 2.20. The topological polar surface area (TPSA) is 209 Å². The van der Waals surface area contributed by atoms with E-state index in [4.69, 9.17) is 20.2 Å². The van der Waals surface area contributed by atoms with E-state index in [9.17, 15) is 35.1 Å². The highest BCUT2D eigenvalue weighted by molar-refractivity contribution is 5.81. The largest absolute Gasteiger partial charge is 0.481 e. The average Bonchev–Trinajstić information content (AvgIpc) is 2.55. The maximum Gasteiger partial charge on any atom is 0.328 e. The number of rotatable bonds is 6. The Morgan fingerprint density at radius 1 is 0.920 bits per heavy atom. The quantitative estimate of drug-likeness (QED) is 0.110. The lowest BCUT2D eigenvalue weighted by molar-refractivity contribution is -0.226. The minimum absolute atomic E-state index is 0.382. The first-order chi connectivity index (χ1) is 11.6. The van der Waals surface area contributed by atoms with Crippen LogP contribution in [0, 0.1) is 11.3 Å². The van der Waals surface area contributed by atoms with Crippen LogP contribution in [0.3, 0.4) is 0 Å². The Bertz CT molecular complexity index is 606. The summed E-state index contributed by atoms with van der Waals surface area (Å²) in [6.07, 6.45) is -10.7. The van der Waals surface area contributed by atoms with Gasteiger partial charge in [-0.05, 0) is 6.08 Å². The molecule has 11 nitrogen and oxygen atoms in total. The molecule has 0 aromatic carbocycles. The summed E-state index contributed by atoms with van der Waals surface area (Å²) in [5.74, 6) is -3.58. The van der Waals surface area contributed by atoms with Crippen molar-refractivity contribution >= 4 is 11.9 Å². The van der Waals surface area contributed by atoms with Gasteiger partial charge in [-0.1, -0.05) is 0 Å². The van der Waals surface area contributed by atoms with E-state index in [0.717, 1.165) is 6.08 Å². The van der Waals surface area contributed by atoms with Crippen LogP contribution in [-0.4, -0.2) is 84.3 Å². The fraction of sp³-hybridized carbons (Fsp3) is 0.500. The molecule has 1 fully saturated rings. The van der Waals surface area contributed by atoms with Crippen LogP contribution in [-0.2, 0) is 14.3 Å². The van der Waals surface area contributed by atoms with Gasteiger partial charge >= 0.3 is 11.9 Å². The zero-order valence-corrected chi connectivity index (χ0v) is 12.6. The van der Waals surface area contributed by atoms with Crippen LogP contribution in [0.25, 0.3) is 0 Å². The maximum absolute atomic E-state index is 10.9. The number of aliphatic carboxylic acids is 2. The number of carboxylic acid groups (broad SMARTS) is 2. The lowest BCUT2D eigenvalue weighted by atomic mass is 9.85. The Kier molecular flexibility index (Phi) is 7.04. The number of hydrogen-bond donors (Lipinski definition) is 7. The lowest BCUT2D eigenvalue weighted by Gasteiger charge is -2.41. The van der Waals surface area contributed by atoms with E-state index in [0.29, 0.717) is 6.08 Å². The Balaban J connectivity index is 3.20. The number of aliphatic hydroxyl groups excluding tert-OH is 5. The Morgan fingerprint density at radius 2 is 1.40 bits per heavy atom. The van der Waals surface area contributed by atoms with Crippen molar-refractivity contribution in [2.75, 3.05) is 0 Å². The molecule has 0 bridgehead atoms. The number of aliphatic hydroxyl groups is 5. The monoisotopic (exact) mass is 359 g/mol. The maximum atomic E-state index is 10.9. The minimum atomic E-state index is -1.91. The van der Waals surface area contributed by atoms with E-state index in [2.05, 4.69) is 0 Å². The van der Waals surface area contributed by atoms with Crippen molar-refractivity contribution in [2.45, 2.75) is 43.0 Å². The first-order valence-electron chi connectivity index (χ1n) is 6.93. The molecule has 2 unspecified atom stereocenters. The van der Waals surface area contributed by atoms with Gasteiger partial charge in [0.25, 0.3) is 0 Å². The van der Waals surface area contributed by atoms with Gasteiger partial charge in [0.1, 0.15) is 36.6 Å². The number of hydrogen-bond acceptors (Lipinski definition) is 9. The normalized spacial score (nSPS) is 33.4. The summed E-state index contributed by atoms with van der Waals surface area (Å²) in [6.45, 7) is 0. The highest BCUT2D eigenvalue weighted by atomic mass is 16.5. The molecule has 1 aliphatic carbocycles. The summed E-state index contributed by atoms with van der Waals surface area (Å²) in [5.41, 5.74) is -0.382. The zero-order valence-electron chi connectivity index (χ0n) is 12.6. The third-order valence-corrected chi connectivity index (χ3v) is 3.49. The predicted octanol–water partition coefficient (Wildman–Crippen LogP) is -2.92. The molecule has 0 spiro atoms. The molecule has 0 aliphatic heterocycles. The van der Waals surface area contributed by atoms with Crippen molar-refractivity contribution < 1.29 is 50.1 Å². The van der Waals surface area contributed by atoms with E-state index in [-0.39, 0.29) is 5.57 Å². The summed E-state index contributed by atoms with van der Waals surface area (Å²) in [7, 11) is 0. The van der Waals surface area contributed by atoms with Crippen molar-refractivity contribution in [1.29, 1.82) is 5.26 Å². The molecule has 11 heteroatoms. The summed E-state index contributed by atoms with van der Waals surface area (Å²) >= 11 is 0. The second kappa shape index (κ2) is 8.56. The summed E-state index contributed by atoms with van der Waals surface area (Å²) in [5, 5.41) is 75.0. The standard InChI is InChI=1S/C14H17NO10/c15-4-6(5(3-8(18)19)1-2-7(16)17)25-14-12(23)10(21)9(20)11(22)13(14)24/h1-2,9-14,20-24H,3H2,(H,16,17)(H,18,19)/b2-1-,6-5-/t9?,10-,11+,12+,13-,14?. The van der Waals surface area contributed by atoms with E-state index in [1.54, 1.807) is 0 Å². The van der Waals surface area contributed by atoms with Gasteiger partial charge in [-0.3, -0.25) is 4.79 Å². The van der Waals surface area contributed by atoms with E-state index < -0.39 is 60.7 Å². The molecule has 0 aromatic heterocycles. The summed E-state index contributed by atoms with van der Waals surface area (Å²) in [4.78, 5) is 21.4. The van der Waals surface area contributed by atoms with Crippen molar-refractivity contribution in [3.8, 4) is 6.07 Å². The van der Waals surface area contributed by atoms with Gasteiger partial charge in [-0.15, -0.1) is 0 Å². The molecule has 0 radical (unpaired) electrons.